The minimum Gasteiger partial charge on any atom is -0.292 e. The van der Waals surface area contributed by atoms with Gasteiger partial charge < -0.3 is 0 Å². The van der Waals surface area contributed by atoms with Gasteiger partial charge in [-0.1, -0.05) is 48.5 Å². The number of thiophene rings is 1. The molecule has 0 saturated heterocycles. The number of hydrogen-bond donors (Lipinski definition) is 0. The summed E-state index contributed by atoms with van der Waals surface area (Å²) in [5.41, 5.74) is 4.27. The molecule has 3 aromatic heterocycles. The number of fused-ring (bicyclic) bond motifs is 4. The van der Waals surface area contributed by atoms with Gasteiger partial charge in [-0.3, -0.25) is 9.55 Å². The van der Waals surface area contributed by atoms with Crippen LogP contribution in [0, 0.1) is 0 Å². The summed E-state index contributed by atoms with van der Waals surface area (Å²) in [6.07, 6.45) is 3.72. The summed E-state index contributed by atoms with van der Waals surface area (Å²) >= 11 is 1.77. The molecule has 3 nitrogen and oxygen atoms in total. The molecule has 6 aromatic rings. The molecule has 3 aromatic carbocycles. The Labute approximate surface area is 165 Å². The van der Waals surface area contributed by atoms with Crippen LogP contribution in [-0.2, 0) is 0 Å². The van der Waals surface area contributed by atoms with Crippen LogP contribution in [0.5, 0.6) is 0 Å². The predicted octanol–water partition coefficient (Wildman–Crippen LogP) is 6.46. The molecule has 0 amide bonds. The zero-order valence-electron chi connectivity index (χ0n) is 14.9. The Morgan fingerprint density at radius 2 is 1.57 bits per heavy atom. The zero-order chi connectivity index (χ0) is 18.5. The monoisotopic (exact) mass is 377 g/mol. The highest BCUT2D eigenvalue weighted by Gasteiger charge is 2.14. The summed E-state index contributed by atoms with van der Waals surface area (Å²) in [4.78, 5) is 9.46. The lowest BCUT2D eigenvalue weighted by molar-refractivity contribution is 1.05. The molecule has 0 N–H and O–H groups in total. The van der Waals surface area contributed by atoms with Crippen molar-refractivity contribution in [3.8, 4) is 17.1 Å². The number of rotatable bonds is 2. The first-order valence-corrected chi connectivity index (χ1v) is 10.0. The lowest BCUT2D eigenvalue weighted by Crippen LogP contribution is -1.98. The standard InChI is InChI=1S/C24H15N3S/c1-2-6-16(7-3-1)20-14-26-24(15-25-20)27-21-9-5-4-8-18(21)19-12-17-10-11-28-23(17)13-22(19)27/h1-15H. The molecule has 3 heterocycles. The maximum absolute atomic E-state index is 4.77. The van der Waals surface area contributed by atoms with Gasteiger partial charge >= 0.3 is 0 Å². The fraction of sp³-hybridized carbons (Fsp3) is 0. The van der Waals surface area contributed by atoms with Crippen molar-refractivity contribution in [3.05, 3.63) is 90.6 Å². The number of benzene rings is 3. The molecule has 28 heavy (non-hydrogen) atoms. The Morgan fingerprint density at radius 1 is 0.714 bits per heavy atom. The van der Waals surface area contributed by atoms with Gasteiger partial charge in [0.25, 0.3) is 0 Å². The second-order valence-electron chi connectivity index (χ2n) is 6.81. The van der Waals surface area contributed by atoms with Crippen LogP contribution in [-0.4, -0.2) is 14.5 Å². The van der Waals surface area contributed by atoms with Crippen LogP contribution < -0.4 is 0 Å². The molecule has 0 aliphatic carbocycles. The van der Waals surface area contributed by atoms with Gasteiger partial charge in [0.05, 0.1) is 29.1 Å². The first-order valence-electron chi connectivity index (χ1n) is 9.17. The number of nitrogens with zero attached hydrogens (tertiary/aromatic N) is 3. The first-order chi connectivity index (χ1) is 13.9. The normalized spacial score (nSPS) is 11.6. The van der Waals surface area contributed by atoms with Crippen LogP contribution in [0.2, 0.25) is 0 Å². The van der Waals surface area contributed by atoms with Crippen molar-refractivity contribution in [3.63, 3.8) is 0 Å². The maximum Gasteiger partial charge on any atom is 0.156 e. The Morgan fingerprint density at radius 3 is 2.43 bits per heavy atom. The van der Waals surface area contributed by atoms with Crippen molar-refractivity contribution in [1.82, 2.24) is 14.5 Å². The molecule has 0 fully saturated rings. The van der Waals surface area contributed by atoms with Gasteiger partial charge in [0, 0.05) is 21.0 Å². The largest absolute Gasteiger partial charge is 0.292 e. The number of hydrogen-bond acceptors (Lipinski definition) is 3. The Balaban J connectivity index is 1.62. The van der Waals surface area contributed by atoms with E-state index in [1.165, 1.54) is 20.9 Å². The number of para-hydroxylation sites is 1. The van der Waals surface area contributed by atoms with E-state index in [9.17, 15) is 0 Å². The second kappa shape index (κ2) is 6.01. The van der Waals surface area contributed by atoms with Crippen molar-refractivity contribution in [2.75, 3.05) is 0 Å². The highest BCUT2D eigenvalue weighted by atomic mass is 32.1. The minimum atomic E-state index is 0.835. The van der Waals surface area contributed by atoms with Crippen molar-refractivity contribution in [2.45, 2.75) is 0 Å². The Bertz CT molecular complexity index is 1440. The predicted molar refractivity (Wildman–Crippen MR) is 117 cm³/mol. The van der Waals surface area contributed by atoms with E-state index in [1.54, 1.807) is 11.3 Å². The highest BCUT2D eigenvalue weighted by molar-refractivity contribution is 7.17. The number of aromatic nitrogens is 3. The molecule has 0 atom stereocenters. The van der Waals surface area contributed by atoms with Crippen LogP contribution in [0.4, 0.5) is 0 Å². The third-order valence-corrected chi connectivity index (χ3v) is 6.06. The van der Waals surface area contributed by atoms with E-state index < -0.39 is 0 Å². The fourth-order valence-electron chi connectivity index (χ4n) is 3.87. The van der Waals surface area contributed by atoms with E-state index in [0.29, 0.717) is 0 Å². The SMILES string of the molecule is c1ccc(-c2cnc(-n3c4ccccc4c4cc5ccsc5cc43)cn2)cc1. The molecule has 0 saturated carbocycles. The zero-order valence-corrected chi connectivity index (χ0v) is 15.7. The average Bonchev–Trinajstić information content (AvgIpc) is 3.35. The molecule has 0 aliphatic heterocycles. The summed E-state index contributed by atoms with van der Waals surface area (Å²) in [6, 6.07) is 25.4. The summed E-state index contributed by atoms with van der Waals surface area (Å²) in [5, 5.41) is 5.91. The van der Waals surface area contributed by atoms with Gasteiger partial charge in [-0.2, -0.15) is 0 Å². The van der Waals surface area contributed by atoms with E-state index in [4.69, 9.17) is 9.97 Å². The van der Waals surface area contributed by atoms with Crippen LogP contribution in [0.15, 0.2) is 90.6 Å². The molecule has 0 aliphatic rings. The molecular formula is C24H15N3S. The third-order valence-electron chi connectivity index (χ3n) is 5.18. The van der Waals surface area contributed by atoms with Crippen LogP contribution in [0.1, 0.15) is 0 Å². The van der Waals surface area contributed by atoms with Gasteiger partial charge in [-0.05, 0) is 35.0 Å². The van der Waals surface area contributed by atoms with E-state index in [2.05, 4.69) is 64.5 Å². The molecule has 0 unspecified atom stereocenters. The average molecular weight is 377 g/mol. The summed E-state index contributed by atoms with van der Waals surface area (Å²) in [7, 11) is 0. The topological polar surface area (TPSA) is 30.7 Å². The molecule has 0 bridgehead atoms. The van der Waals surface area contributed by atoms with Gasteiger partial charge in [-0.25, -0.2) is 4.98 Å². The van der Waals surface area contributed by atoms with Gasteiger partial charge in [0.1, 0.15) is 0 Å². The van der Waals surface area contributed by atoms with Crippen LogP contribution in [0.25, 0.3) is 49.0 Å². The van der Waals surface area contributed by atoms with Gasteiger partial charge in [-0.15, -0.1) is 11.3 Å². The van der Waals surface area contributed by atoms with E-state index >= 15 is 0 Å². The quantitative estimate of drug-likeness (QED) is 0.347. The van der Waals surface area contributed by atoms with E-state index in [1.807, 2.05) is 30.6 Å². The van der Waals surface area contributed by atoms with Crippen molar-refractivity contribution in [1.29, 1.82) is 0 Å². The van der Waals surface area contributed by atoms with Crippen LogP contribution in [0.3, 0.4) is 0 Å². The minimum absolute atomic E-state index is 0.835. The molecule has 4 heteroatoms. The smallest absolute Gasteiger partial charge is 0.156 e. The maximum atomic E-state index is 4.77. The van der Waals surface area contributed by atoms with E-state index in [-0.39, 0.29) is 0 Å². The van der Waals surface area contributed by atoms with Crippen molar-refractivity contribution < 1.29 is 0 Å². The summed E-state index contributed by atoms with van der Waals surface area (Å²) in [6.45, 7) is 0. The van der Waals surface area contributed by atoms with Crippen LogP contribution >= 0.6 is 11.3 Å². The lowest BCUT2D eigenvalue weighted by atomic mass is 10.1. The lowest BCUT2D eigenvalue weighted by Gasteiger charge is -2.07. The summed E-state index contributed by atoms with van der Waals surface area (Å²) in [5.74, 6) is 0.835. The third kappa shape index (κ3) is 2.28. The molecular weight excluding hydrogens is 362 g/mol. The van der Waals surface area contributed by atoms with Crippen molar-refractivity contribution >= 4 is 43.2 Å². The van der Waals surface area contributed by atoms with Gasteiger partial charge in [0.15, 0.2) is 5.82 Å². The molecule has 6 rings (SSSR count). The molecule has 0 spiro atoms. The molecule has 0 radical (unpaired) electrons. The van der Waals surface area contributed by atoms with E-state index in [0.717, 1.165) is 28.1 Å². The highest BCUT2D eigenvalue weighted by Crippen LogP contribution is 2.35. The second-order valence-corrected chi connectivity index (χ2v) is 7.75. The molecule has 132 valence electrons. The Kier molecular flexibility index (Phi) is 3.34. The van der Waals surface area contributed by atoms with Gasteiger partial charge in [0.2, 0.25) is 0 Å². The summed E-state index contributed by atoms with van der Waals surface area (Å²) < 4.78 is 3.50. The Hall–Kier alpha value is -3.50. The van der Waals surface area contributed by atoms with Crippen molar-refractivity contribution in [2.24, 2.45) is 0 Å². The first kappa shape index (κ1) is 15.5. The fourth-order valence-corrected chi connectivity index (χ4v) is 4.67.